The molecule has 0 bridgehead atoms. The molecule has 1 unspecified atom stereocenters. The summed E-state index contributed by atoms with van der Waals surface area (Å²) in [6.45, 7) is 24.4. The number of ether oxygens (including phenoxy) is 5. The molecule has 2 aliphatic heterocycles. The molecule has 2 heterocycles. The van der Waals surface area contributed by atoms with Gasteiger partial charge in [-0.25, -0.2) is 0 Å². The first-order valence-electron chi connectivity index (χ1n) is 19.6. The van der Waals surface area contributed by atoms with Crippen LogP contribution in [0.25, 0.3) is 0 Å². The molecule has 2 amide bonds. The highest BCUT2D eigenvalue weighted by molar-refractivity contribution is 6.12. The number of hydrogen-bond acceptors (Lipinski definition) is 15. The highest BCUT2D eigenvalue weighted by atomic mass is 16.6. The summed E-state index contributed by atoms with van der Waals surface area (Å²) in [7, 11) is 0. The Morgan fingerprint density at radius 1 is 0.554 bits per heavy atom. The quantitative estimate of drug-likeness (QED) is 0.109. The molecule has 16 heteroatoms. The van der Waals surface area contributed by atoms with E-state index in [0.717, 1.165) is 4.90 Å². The van der Waals surface area contributed by atoms with Crippen LogP contribution < -0.4 is 0 Å². The molecule has 0 saturated carbocycles. The van der Waals surface area contributed by atoms with Crippen LogP contribution in [0.3, 0.4) is 0 Å². The molecule has 2 rings (SSSR count). The average Bonchev–Trinajstić information content (AvgIpc) is 3.31. The minimum Gasteiger partial charge on any atom is -0.459 e. The molecule has 0 radical (unpaired) electrons. The van der Waals surface area contributed by atoms with Crippen molar-refractivity contribution in [2.45, 2.75) is 118 Å². The van der Waals surface area contributed by atoms with Crippen LogP contribution >= 0.6 is 0 Å². The maximum absolute atomic E-state index is 13.4. The molecule has 320 valence electrons. The van der Waals surface area contributed by atoms with Crippen molar-refractivity contribution in [1.29, 1.82) is 0 Å². The van der Waals surface area contributed by atoms with Crippen LogP contribution in [0.2, 0.25) is 0 Å². The Balaban J connectivity index is 2.49. The van der Waals surface area contributed by atoms with Gasteiger partial charge in [0, 0.05) is 77.2 Å². The monoisotopic (exact) mass is 795 g/mol. The van der Waals surface area contributed by atoms with Crippen LogP contribution in [0.5, 0.6) is 0 Å². The molecule has 0 aromatic rings. The lowest BCUT2D eigenvalue weighted by Gasteiger charge is -2.38. The molecule has 2 aliphatic rings. The van der Waals surface area contributed by atoms with E-state index in [-0.39, 0.29) is 64.3 Å². The van der Waals surface area contributed by atoms with Gasteiger partial charge in [-0.3, -0.25) is 53.3 Å². The van der Waals surface area contributed by atoms with E-state index >= 15 is 0 Å². The molecular weight excluding hydrogens is 726 g/mol. The fourth-order valence-electron chi connectivity index (χ4n) is 5.98. The van der Waals surface area contributed by atoms with Gasteiger partial charge < -0.3 is 23.7 Å². The average molecular weight is 796 g/mol. The topological polar surface area (TPSA) is 165 Å². The van der Waals surface area contributed by atoms with E-state index in [1.807, 2.05) is 19.6 Å². The Hall–Kier alpha value is -3.44. The lowest BCUT2D eigenvalue weighted by molar-refractivity contribution is -0.160. The SMILES string of the molecule is CC(C)(C)OC(=O)CN1CCN(CC(=O)OC(C)(C)C)CCN(CC(=O)OC(C)(C)C)C(COCCCN2C(=O)C=CC2=O)CN(CC(=O)OC(C)(C)C)CC1. The molecule has 0 spiro atoms. The number of carbonyl (C=O) groups excluding carboxylic acids is 6. The van der Waals surface area contributed by atoms with Crippen molar-refractivity contribution in [1.82, 2.24) is 24.5 Å². The first-order valence-corrected chi connectivity index (χ1v) is 19.6. The summed E-state index contributed by atoms with van der Waals surface area (Å²) in [4.78, 5) is 85.9. The van der Waals surface area contributed by atoms with Gasteiger partial charge in [0.05, 0.1) is 32.8 Å². The van der Waals surface area contributed by atoms with Crippen LogP contribution in [0.15, 0.2) is 12.2 Å². The zero-order valence-electron chi connectivity index (χ0n) is 36.1. The Kier molecular flexibility index (Phi) is 18.6. The van der Waals surface area contributed by atoms with Crippen LogP contribution in [0.4, 0.5) is 0 Å². The third kappa shape index (κ3) is 21.2. The van der Waals surface area contributed by atoms with E-state index in [0.29, 0.717) is 45.7 Å². The molecule has 0 N–H and O–H groups in total. The molecule has 1 saturated heterocycles. The predicted octanol–water partition coefficient (Wildman–Crippen LogP) is 2.28. The third-order valence-electron chi connectivity index (χ3n) is 8.11. The van der Waals surface area contributed by atoms with Gasteiger partial charge in [0.2, 0.25) is 0 Å². The van der Waals surface area contributed by atoms with Crippen molar-refractivity contribution in [2.24, 2.45) is 0 Å². The summed E-state index contributed by atoms with van der Waals surface area (Å²) < 4.78 is 28.9. The zero-order valence-corrected chi connectivity index (χ0v) is 36.1. The lowest BCUT2D eigenvalue weighted by Crippen LogP contribution is -2.55. The van der Waals surface area contributed by atoms with E-state index in [1.54, 1.807) is 83.1 Å². The maximum atomic E-state index is 13.4. The van der Waals surface area contributed by atoms with Crippen molar-refractivity contribution in [3.05, 3.63) is 12.2 Å². The summed E-state index contributed by atoms with van der Waals surface area (Å²) in [6.07, 6.45) is 2.87. The number of rotatable bonds is 14. The predicted molar refractivity (Wildman–Crippen MR) is 209 cm³/mol. The van der Waals surface area contributed by atoms with Crippen molar-refractivity contribution in [3.63, 3.8) is 0 Å². The van der Waals surface area contributed by atoms with E-state index in [2.05, 4.69) is 0 Å². The van der Waals surface area contributed by atoms with Gasteiger partial charge >= 0.3 is 23.9 Å². The van der Waals surface area contributed by atoms with Gasteiger partial charge in [-0.2, -0.15) is 0 Å². The minimum absolute atomic E-state index is 0.00726. The number of nitrogens with zero attached hydrogens (tertiary/aromatic N) is 5. The number of carbonyl (C=O) groups is 6. The van der Waals surface area contributed by atoms with Gasteiger partial charge in [0.15, 0.2) is 0 Å². The molecule has 0 aliphatic carbocycles. The molecule has 0 aromatic heterocycles. The third-order valence-corrected chi connectivity index (χ3v) is 8.11. The van der Waals surface area contributed by atoms with Gasteiger partial charge in [0.25, 0.3) is 11.8 Å². The van der Waals surface area contributed by atoms with E-state index in [9.17, 15) is 28.8 Å². The molecule has 0 aromatic carbocycles. The smallest absolute Gasteiger partial charge is 0.320 e. The largest absolute Gasteiger partial charge is 0.459 e. The first kappa shape index (κ1) is 48.7. The van der Waals surface area contributed by atoms with Gasteiger partial charge in [-0.05, 0) is 89.5 Å². The molecule has 16 nitrogen and oxygen atoms in total. The number of hydrogen-bond donors (Lipinski definition) is 0. The number of amides is 2. The van der Waals surface area contributed by atoms with E-state index in [1.165, 1.54) is 12.2 Å². The highest BCUT2D eigenvalue weighted by Gasteiger charge is 2.31. The summed E-state index contributed by atoms with van der Waals surface area (Å²) in [6, 6.07) is -0.469. The van der Waals surface area contributed by atoms with Crippen molar-refractivity contribution in [3.8, 4) is 0 Å². The standard InChI is InChI=1S/C40H69N5O11/c1-37(2,3)53-33(48)25-41-17-18-42(26-34(49)54-38(4,5)6)21-22-44(28-36(51)56-40(10,11)12)30(24-43(20-19-41)27-35(50)55-39(7,8)9)29-52-23-13-16-45-31(46)14-15-32(45)47/h14-15,30H,13,16-29H2,1-12H3. The van der Waals surface area contributed by atoms with Crippen molar-refractivity contribution >= 4 is 35.7 Å². The van der Waals surface area contributed by atoms with Crippen molar-refractivity contribution in [2.75, 3.05) is 91.8 Å². The Labute approximate surface area is 334 Å². The zero-order chi connectivity index (χ0) is 42.5. The fourth-order valence-corrected chi connectivity index (χ4v) is 5.98. The normalized spacial score (nSPS) is 19.4. The summed E-state index contributed by atoms with van der Waals surface area (Å²) in [5.74, 6) is -2.42. The Bertz CT molecular complexity index is 1360. The highest BCUT2D eigenvalue weighted by Crippen LogP contribution is 2.15. The summed E-state index contributed by atoms with van der Waals surface area (Å²) >= 11 is 0. The molecule has 56 heavy (non-hydrogen) atoms. The second-order valence-electron chi connectivity index (χ2n) is 18.3. The van der Waals surface area contributed by atoms with Gasteiger partial charge in [-0.1, -0.05) is 0 Å². The van der Waals surface area contributed by atoms with Crippen LogP contribution in [0, 0.1) is 0 Å². The minimum atomic E-state index is -0.738. The van der Waals surface area contributed by atoms with Gasteiger partial charge in [0.1, 0.15) is 22.4 Å². The van der Waals surface area contributed by atoms with Crippen LogP contribution in [0.1, 0.15) is 89.5 Å². The van der Waals surface area contributed by atoms with E-state index in [4.69, 9.17) is 23.7 Å². The lowest BCUT2D eigenvalue weighted by atomic mass is 10.2. The number of esters is 4. The maximum Gasteiger partial charge on any atom is 0.320 e. The fraction of sp³-hybridized carbons (Fsp3) is 0.800. The Morgan fingerprint density at radius 2 is 0.911 bits per heavy atom. The van der Waals surface area contributed by atoms with Crippen LogP contribution in [-0.4, -0.2) is 180 Å². The number of imide groups is 1. The van der Waals surface area contributed by atoms with Crippen LogP contribution in [-0.2, 0) is 52.5 Å². The first-order chi connectivity index (χ1) is 25.7. The summed E-state index contributed by atoms with van der Waals surface area (Å²) in [5, 5.41) is 0. The second kappa shape index (κ2) is 21.4. The van der Waals surface area contributed by atoms with E-state index < -0.39 is 52.3 Å². The molecule has 1 atom stereocenters. The Morgan fingerprint density at radius 3 is 1.32 bits per heavy atom. The van der Waals surface area contributed by atoms with Gasteiger partial charge in [-0.15, -0.1) is 0 Å². The molecular formula is C40H69N5O11. The van der Waals surface area contributed by atoms with Crippen molar-refractivity contribution < 1.29 is 52.5 Å². The summed E-state index contributed by atoms with van der Waals surface area (Å²) in [5.41, 5.74) is -2.84. The second-order valence-corrected chi connectivity index (χ2v) is 18.3. The molecule has 1 fully saturated rings.